The first-order valence-electron chi connectivity index (χ1n) is 7.63. The summed E-state index contributed by atoms with van der Waals surface area (Å²) in [7, 11) is 1.90. The molecule has 4 nitrogen and oxygen atoms in total. The third-order valence-corrected chi connectivity index (χ3v) is 3.70. The van der Waals surface area contributed by atoms with Gasteiger partial charge in [0.15, 0.2) is 0 Å². The molecular weight excluding hydrogens is 288 g/mol. The van der Waals surface area contributed by atoms with Gasteiger partial charge in [0.2, 0.25) is 5.91 Å². The summed E-state index contributed by atoms with van der Waals surface area (Å²) < 4.78 is 5.54. The molecule has 118 valence electrons. The number of amides is 1. The smallest absolute Gasteiger partial charge is 0.238 e. The van der Waals surface area contributed by atoms with E-state index in [1.54, 1.807) is 0 Å². The van der Waals surface area contributed by atoms with E-state index in [1.165, 1.54) is 0 Å². The number of aryl methyl sites for hydroxylation is 1. The molecule has 0 aliphatic rings. The van der Waals surface area contributed by atoms with Gasteiger partial charge in [0.25, 0.3) is 0 Å². The molecule has 0 spiro atoms. The molecule has 3 aromatic rings. The van der Waals surface area contributed by atoms with E-state index in [0.717, 1.165) is 28.0 Å². The summed E-state index contributed by atoms with van der Waals surface area (Å²) in [5, 5.41) is 5.16. The normalized spacial score (nSPS) is 11.1. The average Bonchev–Trinajstić information content (AvgIpc) is 2.92. The molecule has 0 fully saturated rings. The molecule has 0 saturated carbocycles. The first kappa shape index (κ1) is 15.3. The number of hydrogen-bond donors (Lipinski definition) is 1. The van der Waals surface area contributed by atoms with Gasteiger partial charge in [-0.2, -0.15) is 0 Å². The maximum atomic E-state index is 12.3. The minimum absolute atomic E-state index is 0.0351. The van der Waals surface area contributed by atoms with Gasteiger partial charge in [0.05, 0.1) is 13.1 Å². The molecule has 4 heteroatoms. The highest BCUT2D eigenvalue weighted by Crippen LogP contribution is 2.22. The lowest BCUT2D eigenvalue weighted by atomic mass is 10.1. The van der Waals surface area contributed by atoms with Crippen molar-refractivity contribution in [2.75, 3.05) is 18.9 Å². The third-order valence-electron chi connectivity index (χ3n) is 3.70. The van der Waals surface area contributed by atoms with Crippen LogP contribution in [-0.4, -0.2) is 24.4 Å². The maximum Gasteiger partial charge on any atom is 0.238 e. The van der Waals surface area contributed by atoms with Crippen molar-refractivity contribution < 1.29 is 9.21 Å². The van der Waals surface area contributed by atoms with Crippen LogP contribution in [0.1, 0.15) is 11.5 Å². The lowest BCUT2D eigenvalue weighted by Gasteiger charge is -2.15. The molecule has 0 aliphatic heterocycles. The minimum atomic E-state index is -0.0351. The Morgan fingerprint density at radius 3 is 2.65 bits per heavy atom. The third kappa shape index (κ3) is 3.79. The van der Waals surface area contributed by atoms with Crippen molar-refractivity contribution in [3.8, 4) is 0 Å². The van der Waals surface area contributed by atoms with E-state index in [1.807, 2.05) is 73.5 Å². The molecule has 0 aliphatic carbocycles. The van der Waals surface area contributed by atoms with Gasteiger partial charge in [-0.3, -0.25) is 9.69 Å². The summed E-state index contributed by atoms with van der Waals surface area (Å²) in [6.45, 7) is 2.83. The van der Waals surface area contributed by atoms with Crippen molar-refractivity contribution in [1.82, 2.24) is 4.90 Å². The molecule has 2 aromatic carbocycles. The summed E-state index contributed by atoms with van der Waals surface area (Å²) in [5.41, 5.74) is 0.843. The van der Waals surface area contributed by atoms with Gasteiger partial charge >= 0.3 is 0 Å². The van der Waals surface area contributed by atoms with Crippen LogP contribution in [-0.2, 0) is 11.3 Å². The Labute approximate surface area is 135 Å². The molecule has 0 radical (unpaired) electrons. The van der Waals surface area contributed by atoms with Crippen molar-refractivity contribution in [2.24, 2.45) is 0 Å². The summed E-state index contributed by atoms with van der Waals surface area (Å²) in [4.78, 5) is 14.2. The van der Waals surface area contributed by atoms with Crippen LogP contribution in [0.25, 0.3) is 10.8 Å². The Bertz CT molecular complexity index is 818. The largest absolute Gasteiger partial charge is 0.465 e. The van der Waals surface area contributed by atoms with Crippen LogP contribution < -0.4 is 5.32 Å². The molecular formula is C19H20N2O2. The zero-order valence-electron chi connectivity index (χ0n) is 13.4. The Kier molecular flexibility index (Phi) is 4.44. The number of hydrogen-bond acceptors (Lipinski definition) is 3. The Hall–Kier alpha value is -2.59. The molecule has 1 heterocycles. The number of likely N-dealkylation sites (N-methyl/N-ethyl adjacent to an activating group) is 1. The van der Waals surface area contributed by atoms with E-state index in [0.29, 0.717) is 13.1 Å². The Morgan fingerprint density at radius 2 is 1.87 bits per heavy atom. The number of carbonyl (C=O) groups excluding carboxylic acids is 1. The molecule has 1 N–H and O–H groups in total. The molecule has 3 rings (SSSR count). The fraction of sp³-hybridized carbons (Fsp3) is 0.211. The quantitative estimate of drug-likeness (QED) is 0.779. The zero-order chi connectivity index (χ0) is 16.2. The van der Waals surface area contributed by atoms with Gasteiger partial charge in [-0.15, -0.1) is 0 Å². The molecule has 23 heavy (non-hydrogen) atoms. The molecule has 1 aromatic heterocycles. The van der Waals surface area contributed by atoms with Crippen LogP contribution in [0.2, 0.25) is 0 Å². The lowest BCUT2D eigenvalue weighted by Crippen LogP contribution is -2.29. The van der Waals surface area contributed by atoms with Crippen molar-refractivity contribution in [3.63, 3.8) is 0 Å². The van der Waals surface area contributed by atoms with Crippen LogP contribution in [0.5, 0.6) is 0 Å². The first-order valence-corrected chi connectivity index (χ1v) is 7.63. The van der Waals surface area contributed by atoms with Crippen LogP contribution in [0.15, 0.2) is 59.0 Å². The van der Waals surface area contributed by atoms with Gasteiger partial charge < -0.3 is 9.73 Å². The van der Waals surface area contributed by atoms with Gasteiger partial charge in [0.1, 0.15) is 11.5 Å². The van der Waals surface area contributed by atoms with Gasteiger partial charge in [0, 0.05) is 11.1 Å². The van der Waals surface area contributed by atoms with Crippen LogP contribution in [0.4, 0.5) is 5.69 Å². The van der Waals surface area contributed by atoms with Crippen molar-refractivity contribution in [2.45, 2.75) is 13.5 Å². The molecule has 1 amide bonds. The number of furan rings is 1. The predicted octanol–water partition coefficient (Wildman–Crippen LogP) is 3.81. The highest BCUT2D eigenvalue weighted by Gasteiger charge is 2.10. The fourth-order valence-corrected chi connectivity index (χ4v) is 2.66. The monoisotopic (exact) mass is 308 g/mol. The number of nitrogens with one attached hydrogen (secondary N) is 1. The molecule has 0 atom stereocenters. The number of rotatable bonds is 5. The van der Waals surface area contributed by atoms with Crippen molar-refractivity contribution in [1.29, 1.82) is 0 Å². The van der Waals surface area contributed by atoms with E-state index in [2.05, 4.69) is 5.32 Å². The Morgan fingerprint density at radius 1 is 1.09 bits per heavy atom. The van der Waals surface area contributed by atoms with E-state index >= 15 is 0 Å². The highest BCUT2D eigenvalue weighted by atomic mass is 16.3. The lowest BCUT2D eigenvalue weighted by molar-refractivity contribution is -0.117. The standard InChI is InChI=1S/C19H20N2O2/c1-14-10-11-16(23-14)12-21(2)13-19(22)20-18-9-5-7-15-6-3-4-8-17(15)18/h3-11H,12-13H2,1-2H3,(H,20,22). The second kappa shape index (κ2) is 6.67. The second-order valence-corrected chi connectivity index (χ2v) is 5.76. The number of anilines is 1. The van der Waals surface area contributed by atoms with E-state index in [9.17, 15) is 4.79 Å². The van der Waals surface area contributed by atoms with Gasteiger partial charge in [-0.1, -0.05) is 36.4 Å². The Balaban J connectivity index is 1.64. The minimum Gasteiger partial charge on any atom is -0.465 e. The predicted molar refractivity (Wildman–Crippen MR) is 92.4 cm³/mol. The average molecular weight is 308 g/mol. The number of fused-ring (bicyclic) bond motifs is 1. The van der Waals surface area contributed by atoms with Crippen molar-refractivity contribution in [3.05, 3.63) is 66.1 Å². The number of benzene rings is 2. The summed E-state index contributed by atoms with van der Waals surface area (Å²) in [6.07, 6.45) is 0. The van der Waals surface area contributed by atoms with Crippen LogP contribution >= 0.6 is 0 Å². The number of carbonyl (C=O) groups is 1. The molecule has 0 saturated heterocycles. The van der Waals surface area contributed by atoms with Gasteiger partial charge in [-0.25, -0.2) is 0 Å². The van der Waals surface area contributed by atoms with E-state index in [4.69, 9.17) is 4.42 Å². The maximum absolute atomic E-state index is 12.3. The summed E-state index contributed by atoms with van der Waals surface area (Å²) in [5.74, 6) is 1.71. The highest BCUT2D eigenvalue weighted by molar-refractivity contribution is 6.02. The fourth-order valence-electron chi connectivity index (χ4n) is 2.66. The zero-order valence-corrected chi connectivity index (χ0v) is 13.4. The van der Waals surface area contributed by atoms with E-state index < -0.39 is 0 Å². The van der Waals surface area contributed by atoms with Crippen molar-refractivity contribution >= 4 is 22.4 Å². The molecule has 0 bridgehead atoms. The van der Waals surface area contributed by atoms with Crippen LogP contribution in [0.3, 0.4) is 0 Å². The van der Waals surface area contributed by atoms with Gasteiger partial charge in [-0.05, 0) is 37.6 Å². The first-order chi connectivity index (χ1) is 11.1. The van der Waals surface area contributed by atoms with Crippen LogP contribution in [0, 0.1) is 6.92 Å². The molecule has 0 unspecified atom stereocenters. The summed E-state index contributed by atoms with van der Waals surface area (Å²) in [6, 6.07) is 17.8. The topological polar surface area (TPSA) is 45.5 Å². The summed E-state index contributed by atoms with van der Waals surface area (Å²) >= 11 is 0. The van der Waals surface area contributed by atoms with E-state index in [-0.39, 0.29) is 5.91 Å². The SMILES string of the molecule is Cc1ccc(CN(C)CC(=O)Nc2cccc3ccccc23)o1. The number of nitrogens with zero attached hydrogens (tertiary/aromatic N) is 1. The second-order valence-electron chi connectivity index (χ2n) is 5.76.